The van der Waals surface area contributed by atoms with Crippen molar-refractivity contribution in [2.45, 2.75) is 70.6 Å². The number of hydrogen-bond donors (Lipinski definition) is 3. The smallest absolute Gasteiger partial charge is 0.348 e. The number of fused-ring (bicyclic) bond motifs is 2. The molecule has 2 saturated carbocycles. The fourth-order valence-electron chi connectivity index (χ4n) is 8.25. The quantitative estimate of drug-likeness (QED) is 0.270. The van der Waals surface area contributed by atoms with Crippen molar-refractivity contribution in [3.8, 4) is 0 Å². The van der Waals surface area contributed by atoms with Gasteiger partial charge in [-0.3, -0.25) is 4.79 Å². The van der Waals surface area contributed by atoms with Gasteiger partial charge in [-0.1, -0.05) is 12.5 Å². The van der Waals surface area contributed by atoms with Crippen molar-refractivity contribution < 1.29 is 53.4 Å². The van der Waals surface area contributed by atoms with E-state index in [9.17, 15) is 34.5 Å². The molecule has 0 aromatic rings. The summed E-state index contributed by atoms with van der Waals surface area (Å²) < 4.78 is 22.5. The molecule has 0 amide bonds. The van der Waals surface area contributed by atoms with Crippen molar-refractivity contribution in [3.63, 3.8) is 0 Å². The highest BCUT2D eigenvalue weighted by Crippen LogP contribution is 2.72. The lowest BCUT2D eigenvalue weighted by atomic mass is 9.38. The van der Waals surface area contributed by atoms with E-state index in [2.05, 4.69) is 0 Å². The summed E-state index contributed by atoms with van der Waals surface area (Å²) in [5, 5.41) is 33.6. The number of Topliss-reactive ketones (excluding diaryl/α,β-unsaturated/α-hetero) is 1. The molecular weight excluding hydrogens is 488 g/mol. The van der Waals surface area contributed by atoms with Crippen LogP contribution in [0.5, 0.6) is 0 Å². The molecule has 3 N–H and O–H groups in total. The van der Waals surface area contributed by atoms with Crippen LogP contribution in [0, 0.1) is 28.6 Å². The second-order valence-corrected chi connectivity index (χ2v) is 11.5. The normalized spacial score (nSPS) is 45.9. The number of hydrogen-bond acceptors (Lipinski definition) is 11. The molecule has 37 heavy (non-hydrogen) atoms. The van der Waals surface area contributed by atoms with Gasteiger partial charge in [0.25, 0.3) is 0 Å². The third-order valence-electron chi connectivity index (χ3n) is 9.49. The summed E-state index contributed by atoms with van der Waals surface area (Å²) in [6.45, 7) is 6.53. The zero-order valence-corrected chi connectivity index (χ0v) is 21.3. The molecular formula is C26H32O11. The molecule has 3 aliphatic carbocycles. The maximum atomic E-state index is 13.4. The minimum Gasteiger partial charge on any atom is -0.504 e. The monoisotopic (exact) mass is 520 g/mol. The van der Waals surface area contributed by atoms with Crippen molar-refractivity contribution >= 4 is 23.7 Å². The molecule has 0 aromatic heterocycles. The number of aliphatic hydroxyl groups excluding tert-OH is 3. The van der Waals surface area contributed by atoms with Crippen LogP contribution < -0.4 is 0 Å². The molecule has 2 saturated heterocycles. The molecule has 0 aromatic carbocycles. The Hall–Kier alpha value is -2.76. The fourth-order valence-corrected chi connectivity index (χ4v) is 8.25. The average Bonchev–Trinajstić information content (AvgIpc) is 3.12. The number of ketones is 1. The van der Waals surface area contributed by atoms with Gasteiger partial charge in [0.1, 0.15) is 12.2 Å². The van der Waals surface area contributed by atoms with Gasteiger partial charge in [0.15, 0.2) is 11.5 Å². The Balaban J connectivity index is 1.74. The predicted octanol–water partition coefficient (Wildman–Crippen LogP) is 0.517. The zero-order chi connectivity index (χ0) is 27.2. The first-order chi connectivity index (χ1) is 17.3. The van der Waals surface area contributed by atoms with Crippen molar-refractivity contribution in [1.82, 2.24) is 0 Å². The Kier molecular flexibility index (Phi) is 5.68. The minimum atomic E-state index is -2.22. The number of allylic oxidation sites excluding steroid dienone is 3. The molecule has 1 spiro atoms. The molecule has 11 heteroatoms. The van der Waals surface area contributed by atoms with Crippen molar-refractivity contribution in [1.29, 1.82) is 0 Å². The van der Waals surface area contributed by atoms with E-state index in [-0.39, 0.29) is 25.2 Å². The highest BCUT2D eigenvalue weighted by atomic mass is 16.6. The van der Waals surface area contributed by atoms with Gasteiger partial charge < -0.3 is 34.3 Å². The minimum absolute atomic E-state index is 0.141. The molecule has 202 valence electrons. The molecule has 2 aliphatic heterocycles. The highest BCUT2D eigenvalue weighted by molar-refractivity contribution is 5.95. The van der Waals surface area contributed by atoms with E-state index in [4.69, 9.17) is 18.9 Å². The van der Waals surface area contributed by atoms with Gasteiger partial charge in [-0.05, 0) is 44.1 Å². The number of ether oxygens (including phenoxy) is 4. The van der Waals surface area contributed by atoms with Crippen molar-refractivity contribution in [2.75, 3.05) is 13.7 Å². The standard InChI is InChI=1S/C26H32O11/c1-10(2)6-15(28)37-18-20-25-9-35-26(20,23(33)34-5)21(31)17(30)19(25)24(4)8-13(27)16(29)11(3)12(24)7-14(25)36-22(18)32/h6,12,14,17-21,29-31H,7-9H2,1-5H3/t12-,14-,17-,18-,19+,20+,21+,24+,25-,26+/m1/s1. The lowest BCUT2D eigenvalue weighted by Crippen LogP contribution is -2.79. The van der Waals surface area contributed by atoms with Crippen LogP contribution in [0.2, 0.25) is 0 Å². The third-order valence-corrected chi connectivity index (χ3v) is 9.49. The number of methoxy groups -OCH3 is 1. The van der Waals surface area contributed by atoms with Crippen LogP contribution in [-0.4, -0.2) is 82.7 Å². The summed E-state index contributed by atoms with van der Waals surface area (Å²) in [4.78, 5) is 52.2. The van der Waals surface area contributed by atoms with E-state index in [1.165, 1.54) is 6.08 Å². The summed E-state index contributed by atoms with van der Waals surface area (Å²) in [6.07, 6.45) is -4.79. The molecule has 10 atom stereocenters. The summed E-state index contributed by atoms with van der Waals surface area (Å²) in [5.74, 6) is -6.30. The van der Waals surface area contributed by atoms with Crippen LogP contribution in [0.25, 0.3) is 0 Å². The van der Waals surface area contributed by atoms with E-state index < -0.39 is 82.3 Å². The van der Waals surface area contributed by atoms with Crippen LogP contribution in [0.3, 0.4) is 0 Å². The topological polar surface area (TPSA) is 166 Å². The van der Waals surface area contributed by atoms with Gasteiger partial charge >= 0.3 is 17.9 Å². The first kappa shape index (κ1) is 25.9. The largest absolute Gasteiger partial charge is 0.504 e. The fraction of sp³-hybridized carbons (Fsp3) is 0.692. The third kappa shape index (κ3) is 3.04. The number of carbonyl (C=O) groups excluding carboxylic acids is 4. The van der Waals surface area contributed by atoms with E-state index in [1.807, 2.05) is 0 Å². The highest BCUT2D eigenvalue weighted by Gasteiger charge is 2.85. The maximum absolute atomic E-state index is 13.4. The second kappa shape index (κ2) is 8.12. The second-order valence-electron chi connectivity index (χ2n) is 11.5. The van der Waals surface area contributed by atoms with Crippen LogP contribution in [0.1, 0.15) is 40.5 Å². The predicted molar refractivity (Wildman–Crippen MR) is 122 cm³/mol. The van der Waals surface area contributed by atoms with Gasteiger partial charge in [-0.25, -0.2) is 14.4 Å². The van der Waals surface area contributed by atoms with Gasteiger partial charge in [0.05, 0.1) is 25.7 Å². The van der Waals surface area contributed by atoms with Crippen LogP contribution >= 0.6 is 0 Å². The number of rotatable bonds is 3. The molecule has 0 unspecified atom stereocenters. The lowest BCUT2D eigenvalue weighted by Gasteiger charge is -2.67. The number of aliphatic hydroxyl groups is 3. The lowest BCUT2D eigenvalue weighted by molar-refractivity contribution is -0.290. The van der Waals surface area contributed by atoms with E-state index in [0.29, 0.717) is 11.1 Å². The van der Waals surface area contributed by atoms with Crippen LogP contribution in [0.15, 0.2) is 23.0 Å². The van der Waals surface area contributed by atoms with Gasteiger partial charge in [0, 0.05) is 23.8 Å². The van der Waals surface area contributed by atoms with Gasteiger partial charge in [-0.15, -0.1) is 0 Å². The molecule has 2 heterocycles. The van der Waals surface area contributed by atoms with Crippen LogP contribution in [-0.2, 0) is 38.1 Å². The molecule has 0 radical (unpaired) electrons. The van der Waals surface area contributed by atoms with Gasteiger partial charge in [-0.2, -0.15) is 0 Å². The molecule has 5 aliphatic rings. The van der Waals surface area contributed by atoms with E-state index >= 15 is 0 Å². The SMILES string of the molecule is COC(=O)[C@]12OC[C@@]34[C@@H]1[C@@H](OC(=O)C=C(C)C)C(=O)O[C@@H]3C[C@@H]1C(C)=C(O)C(=O)C[C@]1(C)[C@@H]4[C@@H](O)[C@@H]2O. The summed E-state index contributed by atoms with van der Waals surface area (Å²) >= 11 is 0. The van der Waals surface area contributed by atoms with Crippen molar-refractivity contribution in [2.24, 2.45) is 28.6 Å². The molecule has 5 rings (SSSR count). The Labute approximate surface area is 213 Å². The number of esters is 3. The van der Waals surface area contributed by atoms with Crippen molar-refractivity contribution in [3.05, 3.63) is 23.0 Å². The number of carbonyl (C=O) groups is 4. The Morgan fingerprint density at radius 1 is 1.16 bits per heavy atom. The summed E-state index contributed by atoms with van der Waals surface area (Å²) in [6, 6.07) is 0. The first-order valence-electron chi connectivity index (χ1n) is 12.3. The van der Waals surface area contributed by atoms with Gasteiger partial charge in [0.2, 0.25) is 11.7 Å². The summed E-state index contributed by atoms with van der Waals surface area (Å²) in [7, 11) is 1.09. The zero-order valence-electron chi connectivity index (χ0n) is 21.3. The average molecular weight is 521 g/mol. The van der Waals surface area contributed by atoms with Crippen LogP contribution in [0.4, 0.5) is 0 Å². The maximum Gasteiger partial charge on any atom is 0.348 e. The Bertz CT molecular complexity index is 1150. The Morgan fingerprint density at radius 3 is 2.46 bits per heavy atom. The summed E-state index contributed by atoms with van der Waals surface area (Å²) in [5.41, 5.74) is -3.50. The first-order valence-corrected chi connectivity index (χ1v) is 12.3. The van der Waals surface area contributed by atoms with E-state index in [0.717, 1.165) is 7.11 Å². The molecule has 4 fully saturated rings. The Morgan fingerprint density at radius 2 is 1.84 bits per heavy atom. The molecule has 2 bridgehead atoms. The van der Waals surface area contributed by atoms with E-state index in [1.54, 1.807) is 27.7 Å². The molecule has 11 nitrogen and oxygen atoms in total.